The topological polar surface area (TPSA) is 61.9 Å². The number of hydrogen-bond acceptors (Lipinski definition) is 3. The predicted octanol–water partition coefficient (Wildman–Crippen LogP) is 2.02. The zero-order valence-electron chi connectivity index (χ0n) is 10.4. The van der Waals surface area contributed by atoms with Crippen LogP contribution < -0.4 is 10.6 Å². The molecule has 96 valence electrons. The summed E-state index contributed by atoms with van der Waals surface area (Å²) in [7, 11) is 0. The Morgan fingerprint density at radius 2 is 1.78 bits per heavy atom. The minimum Gasteiger partial charge on any atom is -0.409 e. The van der Waals surface area contributed by atoms with Gasteiger partial charge in [0.05, 0.1) is 0 Å². The third-order valence-electron chi connectivity index (χ3n) is 4.36. The molecule has 1 saturated heterocycles. The van der Waals surface area contributed by atoms with E-state index in [1.807, 2.05) is 12.1 Å². The first-order chi connectivity index (χ1) is 8.78. The molecule has 0 radical (unpaired) electrons. The van der Waals surface area contributed by atoms with Gasteiger partial charge in [0.25, 0.3) is 0 Å². The lowest BCUT2D eigenvalue weighted by atomic mass is 10.0. The van der Waals surface area contributed by atoms with Crippen molar-refractivity contribution in [1.29, 1.82) is 0 Å². The molecule has 0 spiro atoms. The Kier molecular flexibility index (Phi) is 2.86. The van der Waals surface area contributed by atoms with Crippen LogP contribution in [0, 0.1) is 11.8 Å². The van der Waals surface area contributed by atoms with Gasteiger partial charge in [0.15, 0.2) is 5.84 Å². The van der Waals surface area contributed by atoms with Gasteiger partial charge in [-0.25, -0.2) is 0 Å². The highest BCUT2D eigenvalue weighted by molar-refractivity contribution is 5.97. The second-order valence-corrected chi connectivity index (χ2v) is 5.39. The Morgan fingerprint density at radius 1 is 1.17 bits per heavy atom. The van der Waals surface area contributed by atoms with Crippen molar-refractivity contribution in [2.45, 2.75) is 19.3 Å². The maximum absolute atomic E-state index is 8.63. The highest BCUT2D eigenvalue weighted by Gasteiger charge is 2.35. The Hall–Kier alpha value is -1.71. The Labute approximate surface area is 107 Å². The van der Waals surface area contributed by atoms with Gasteiger partial charge in [0, 0.05) is 24.3 Å². The van der Waals surface area contributed by atoms with Gasteiger partial charge < -0.3 is 15.8 Å². The number of hydrogen-bond donors (Lipinski definition) is 2. The van der Waals surface area contributed by atoms with Crippen LogP contribution in [0.15, 0.2) is 29.4 Å². The Morgan fingerprint density at radius 3 is 2.33 bits per heavy atom. The molecule has 3 N–H and O–H groups in total. The molecule has 1 aliphatic carbocycles. The molecule has 18 heavy (non-hydrogen) atoms. The van der Waals surface area contributed by atoms with E-state index < -0.39 is 0 Å². The quantitative estimate of drug-likeness (QED) is 0.362. The first-order valence-corrected chi connectivity index (χ1v) is 6.61. The van der Waals surface area contributed by atoms with Crippen LogP contribution in [-0.4, -0.2) is 24.1 Å². The van der Waals surface area contributed by atoms with Crippen molar-refractivity contribution in [3.05, 3.63) is 29.8 Å². The molecular weight excluding hydrogens is 226 g/mol. The van der Waals surface area contributed by atoms with Crippen LogP contribution in [-0.2, 0) is 0 Å². The molecule has 3 rings (SSSR count). The summed E-state index contributed by atoms with van der Waals surface area (Å²) in [5, 5.41) is 11.6. The van der Waals surface area contributed by atoms with Crippen LogP contribution in [0.4, 0.5) is 5.69 Å². The van der Waals surface area contributed by atoms with Crippen molar-refractivity contribution in [3.63, 3.8) is 0 Å². The number of oxime groups is 1. The van der Waals surface area contributed by atoms with E-state index in [2.05, 4.69) is 22.2 Å². The average molecular weight is 245 g/mol. The second-order valence-electron chi connectivity index (χ2n) is 5.39. The fourth-order valence-corrected chi connectivity index (χ4v) is 3.35. The number of nitrogens with two attached hydrogens (primary N) is 1. The van der Waals surface area contributed by atoms with Gasteiger partial charge in [0.2, 0.25) is 0 Å². The molecule has 0 aromatic heterocycles. The van der Waals surface area contributed by atoms with Crippen LogP contribution in [0.25, 0.3) is 0 Å². The molecule has 4 nitrogen and oxygen atoms in total. The predicted molar refractivity (Wildman–Crippen MR) is 72.0 cm³/mol. The van der Waals surface area contributed by atoms with Gasteiger partial charge in [-0.1, -0.05) is 11.6 Å². The maximum Gasteiger partial charge on any atom is 0.170 e. The molecule has 2 fully saturated rings. The van der Waals surface area contributed by atoms with Gasteiger partial charge in [-0.05, 0) is 48.9 Å². The summed E-state index contributed by atoms with van der Waals surface area (Å²) >= 11 is 0. The van der Waals surface area contributed by atoms with E-state index in [1.54, 1.807) is 0 Å². The molecule has 1 saturated carbocycles. The largest absolute Gasteiger partial charge is 0.409 e. The SMILES string of the molecule is N/C(=N/O)c1ccc(N2CC3CCCC3C2)cc1. The van der Waals surface area contributed by atoms with Gasteiger partial charge in [-0.3, -0.25) is 0 Å². The number of benzene rings is 1. The van der Waals surface area contributed by atoms with Crippen molar-refractivity contribution in [3.8, 4) is 0 Å². The molecule has 0 amide bonds. The summed E-state index contributed by atoms with van der Waals surface area (Å²) in [5.41, 5.74) is 7.57. The normalized spacial score (nSPS) is 27.6. The van der Waals surface area contributed by atoms with Gasteiger partial charge in [-0.15, -0.1) is 0 Å². The van der Waals surface area contributed by atoms with E-state index >= 15 is 0 Å². The average Bonchev–Trinajstić information content (AvgIpc) is 2.99. The van der Waals surface area contributed by atoms with E-state index in [1.165, 1.54) is 38.0 Å². The van der Waals surface area contributed by atoms with Crippen LogP contribution >= 0.6 is 0 Å². The summed E-state index contributed by atoms with van der Waals surface area (Å²) in [5.74, 6) is 1.96. The highest BCUT2D eigenvalue weighted by Crippen LogP contribution is 2.39. The summed E-state index contributed by atoms with van der Waals surface area (Å²) in [6.45, 7) is 2.38. The van der Waals surface area contributed by atoms with Crippen LogP contribution in [0.5, 0.6) is 0 Å². The van der Waals surface area contributed by atoms with E-state index in [-0.39, 0.29) is 5.84 Å². The van der Waals surface area contributed by atoms with Crippen molar-refractivity contribution < 1.29 is 5.21 Å². The van der Waals surface area contributed by atoms with Crippen LogP contribution in [0.2, 0.25) is 0 Å². The Bertz CT molecular complexity index is 443. The molecule has 2 unspecified atom stereocenters. The van der Waals surface area contributed by atoms with Crippen molar-refractivity contribution >= 4 is 11.5 Å². The number of amidine groups is 1. The third kappa shape index (κ3) is 1.92. The monoisotopic (exact) mass is 245 g/mol. The third-order valence-corrected chi connectivity index (χ3v) is 4.36. The van der Waals surface area contributed by atoms with Gasteiger partial charge >= 0.3 is 0 Å². The van der Waals surface area contributed by atoms with Crippen LogP contribution in [0.3, 0.4) is 0 Å². The maximum atomic E-state index is 8.63. The molecular formula is C14H19N3O. The fraction of sp³-hybridized carbons (Fsp3) is 0.500. The van der Waals surface area contributed by atoms with E-state index in [0.717, 1.165) is 17.4 Å². The first kappa shape index (κ1) is 11.4. The van der Waals surface area contributed by atoms with Crippen molar-refractivity contribution in [1.82, 2.24) is 0 Å². The van der Waals surface area contributed by atoms with E-state index in [0.29, 0.717) is 0 Å². The summed E-state index contributed by atoms with van der Waals surface area (Å²) in [6, 6.07) is 7.96. The smallest absolute Gasteiger partial charge is 0.170 e. The summed E-state index contributed by atoms with van der Waals surface area (Å²) in [6.07, 6.45) is 4.19. The molecule has 1 aromatic carbocycles. The second kappa shape index (κ2) is 4.52. The molecule has 0 bridgehead atoms. The van der Waals surface area contributed by atoms with Crippen molar-refractivity contribution in [2.24, 2.45) is 22.7 Å². The number of anilines is 1. The molecule has 2 aliphatic rings. The summed E-state index contributed by atoms with van der Waals surface area (Å²) in [4.78, 5) is 2.46. The molecule has 1 aromatic rings. The van der Waals surface area contributed by atoms with E-state index in [9.17, 15) is 0 Å². The zero-order valence-corrected chi connectivity index (χ0v) is 10.4. The highest BCUT2D eigenvalue weighted by atomic mass is 16.4. The number of nitrogens with zero attached hydrogens (tertiary/aromatic N) is 2. The summed E-state index contributed by atoms with van der Waals surface area (Å²) < 4.78 is 0. The van der Waals surface area contributed by atoms with E-state index in [4.69, 9.17) is 10.9 Å². The van der Waals surface area contributed by atoms with Crippen LogP contribution in [0.1, 0.15) is 24.8 Å². The zero-order chi connectivity index (χ0) is 12.5. The number of rotatable bonds is 2. The lowest BCUT2D eigenvalue weighted by Gasteiger charge is -2.19. The Balaban J connectivity index is 1.74. The first-order valence-electron chi connectivity index (χ1n) is 6.61. The lowest BCUT2D eigenvalue weighted by molar-refractivity contribution is 0.318. The molecule has 1 aliphatic heterocycles. The van der Waals surface area contributed by atoms with Gasteiger partial charge in [0.1, 0.15) is 0 Å². The minimum absolute atomic E-state index is 0.167. The minimum atomic E-state index is 0.167. The molecule has 4 heteroatoms. The van der Waals surface area contributed by atoms with Gasteiger partial charge in [-0.2, -0.15) is 0 Å². The van der Waals surface area contributed by atoms with Crippen molar-refractivity contribution in [2.75, 3.05) is 18.0 Å². The molecule has 1 heterocycles. The standard InChI is InChI=1S/C14H19N3O/c15-14(16-18)10-4-6-13(7-5-10)17-8-11-2-1-3-12(11)9-17/h4-7,11-12,18H,1-3,8-9H2,(H2,15,16). The molecule has 2 atom stereocenters. The fourth-order valence-electron chi connectivity index (χ4n) is 3.35. The number of fused-ring (bicyclic) bond motifs is 1. The lowest BCUT2D eigenvalue weighted by Crippen LogP contribution is -2.21.